The minimum absolute atomic E-state index is 0.138. The molecule has 1 aliphatic rings. The molecule has 1 aliphatic carbocycles. The van der Waals surface area contributed by atoms with E-state index in [0.29, 0.717) is 30.6 Å². The van der Waals surface area contributed by atoms with Gasteiger partial charge in [0, 0.05) is 23.2 Å². The van der Waals surface area contributed by atoms with E-state index >= 15 is 0 Å². The molecule has 8 nitrogen and oxygen atoms in total. The summed E-state index contributed by atoms with van der Waals surface area (Å²) in [7, 11) is 0. The number of benzene rings is 2. The van der Waals surface area contributed by atoms with Crippen LogP contribution in [0.4, 0.5) is 11.4 Å². The minimum atomic E-state index is -1.04. The van der Waals surface area contributed by atoms with Crippen LogP contribution < -0.4 is 10.6 Å². The first-order valence-corrected chi connectivity index (χ1v) is 9.62. The molecule has 0 heterocycles. The molecule has 2 atom stereocenters. The molecular weight excluding hydrogens is 388 g/mol. The molecular formula is C22H22N2O6. The lowest BCUT2D eigenvalue weighted by molar-refractivity contribution is -0.124. The van der Waals surface area contributed by atoms with Gasteiger partial charge in [0.05, 0.1) is 11.1 Å². The third-order valence-corrected chi connectivity index (χ3v) is 5.21. The molecule has 2 aromatic carbocycles. The van der Waals surface area contributed by atoms with Crippen LogP contribution >= 0.6 is 0 Å². The second kappa shape index (κ2) is 9.21. The summed E-state index contributed by atoms with van der Waals surface area (Å²) in [6, 6.07) is 11.8. The van der Waals surface area contributed by atoms with Crippen molar-refractivity contribution in [2.45, 2.75) is 25.7 Å². The number of anilines is 2. The molecule has 2 aromatic rings. The Labute approximate surface area is 172 Å². The van der Waals surface area contributed by atoms with E-state index in [9.17, 15) is 19.2 Å². The van der Waals surface area contributed by atoms with Crippen LogP contribution in [0.25, 0.3) is 0 Å². The lowest BCUT2D eigenvalue weighted by Crippen LogP contribution is -2.33. The van der Waals surface area contributed by atoms with Crippen molar-refractivity contribution >= 4 is 35.1 Å². The molecule has 0 bridgehead atoms. The van der Waals surface area contributed by atoms with Gasteiger partial charge in [-0.25, -0.2) is 9.59 Å². The number of carbonyl (C=O) groups excluding carboxylic acids is 2. The smallest absolute Gasteiger partial charge is 0.335 e. The Bertz CT molecular complexity index is 875. The predicted molar refractivity (Wildman–Crippen MR) is 110 cm³/mol. The van der Waals surface area contributed by atoms with Crippen molar-refractivity contribution in [1.29, 1.82) is 0 Å². The van der Waals surface area contributed by atoms with Crippen LogP contribution in [0.2, 0.25) is 0 Å². The second-order valence-electron chi connectivity index (χ2n) is 7.30. The fraction of sp³-hybridized carbons (Fsp3) is 0.273. The van der Waals surface area contributed by atoms with Crippen LogP contribution in [-0.4, -0.2) is 34.0 Å². The first kappa shape index (κ1) is 21.0. The van der Waals surface area contributed by atoms with Crippen molar-refractivity contribution in [1.82, 2.24) is 0 Å². The number of nitrogens with one attached hydrogen (secondary N) is 2. The molecule has 0 radical (unpaired) electrons. The van der Waals surface area contributed by atoms with Gasteiger partial charge in [-0.05, 0) is 67.8 Å². The molecule has 30 heavy (non-hydrogen) atoms. The van der Waals surface area contributed by atoms with E-state index in [-0.39, 0.29) is 34.8 Å². The fourth-order valence-corrected chi connectivity index (χ4v) is 3.55. The highest BCUT2D eigenvalue weighted by Crippen LogP contribution is 2.31. The molecule has 2 unspecified atom stereocenters. The topological polar surface area (TPSA) is 133 Å². The molecule has 1 saturated carbocycles. The van der Waals surface area contributed by atoms with Gasteiger partial charge in [0.1, 0.15) is 0 Å². The Hall–Kier alpha value is -3.68. The van der Waals surface area contributed by atoms with Gasteiger partial charge in [-0.1, -0.05) is 6.42 Å². The molecule has 4 N–H and O–H groups in total. The predicted octanol–water partition coefficient (Wildman–Crippen LogP) is 3.47. The van der Waals surface area contributed by atoms with Gasteiger partial charge in [-0.15, -0.1) is 0 Å². The quantitative estimate of drug-likeness (QED) is 0.576. The van der Waals surface area contributed by atoms with Crippen molar-refractivity contribution in [2.75, 3.05) is 10.6 Å². The van der Waals surface area contributed by atoms with E-state index in [1.807, 2.05) is 0 Å². The number of hydrogen-bond donors (Lipinski definition) is 4. The average Bonchev–Trinajstić information content (AvgIpc) is 2.74. The molecule has 0 spiro atoms. The molecule has 0 aromatic heterocycles. The minimum Gasteiger partial charge on any atom is -0.478 e. The van der Waals surface area contributed by atoms with Crippen LogP contribution in [0.15, 0.2) is 48.5 Å². The van der Waals surface area contributed by atoms with Crippen LogP contribution in [-0.2, 0) is 9.59 Å². The van der Waals surface area contributed by atoms with E-state index in [1.165, 1.54) is 48.5 Å². The summed E-state index contributed by atoms with van der Waals surface area (Å²) in [5, 5.41) is 23.4. The molecule has 8 heteroatoms. The van der Waals surface area contributed by atoms with Gasteiger partial charge >= 0.3 is 11.9 Å². The molecule has 156 valence electrons. The monoisotopic (exact) mass is 410 g/mol. The third kappa shape index (κ3) is 5.22. The van der Waals surface area contributed by atoms with E-state index < -0.39 is 11.9 Å². The largest absolute Gasteiger partial charge is 0.478 e. The SMILES string of the molecule is O=C(O)c1ccc(NC(=O)C2CCCC(C(=O)Nc3ccc(C(=O)O)cc3)C2)cc1. The number of amides is 2. The maximum Gasteiger partial charge on any atom is 0.335 e. The summed E-state index contributed by atoms with van der Waals surface area (Å²) in [6.45, 7) is 0. The zero-order chi connectivity index (χ0) is 21.7. The average molecular weight is 410 g/mol. The van der Waals surface area contributed by atoms with Crippen LogP contribution in [0.3, 0.4) is 0 Å². The van der Waals surface area contributed by atoms with E-state index in [0.717, 1.165) is 6.42 Å². The van der Waals surface area contributed by atoms with Gasteiger partial charge in [0.2, 0.25) is 11.8 Å². The van der Waals surface area contributed by atoms with Crippen molar-refractivity contribution < 1.29 is 29.4 Å². The number of rotatable bonds is 6. The normalized spacial score (nSPS) is 18.3. The Morgan fingerprint density at radius 3 is 1.37 bits per heavy atom. The highest BCUT2D eigenvalue weighted by atomic mass is 16.4. The Balaban J connectivity index is 1.57. The maximum absolute atomic E-state index is 12.6. The van der Waals surface area contributed by atoms with Gasteiger partial charge in [0.25, 0.3) is 0 Å². The van der Waals surface area contributed by atoms with Crippen LogP contribution in [0.1, 0.15) is 46.4 Å². The first-order valence-electron chi connectivity index (χ1n) is 9.62. The number of aromatic carboxylic acids is 2. The van der Waals surface area contributed by atoms with Crippen molar-refractivity contribution in [3.05, 3.63) is 59.7 Å². The van der Waals surface area contributed by atoms with Crippen molar-refractivity contribution in [3.8, 4) is 0 Å². The Morgan fingerprint density at radius 1 is 0.667 bits per heavy atom. The molecule has 0 saturated heterocycles. The zero-order valence-electron chi connectivity index (χ0n) is 16.1. The number of carboxylic acid groups (broad SMARTS) is 2. The fourth-order valence-electron chi connectivity index (χ4n) is 3.55. The summed E-state index contributed by atoms with van der Waals surface area (Å²) in [5.74, 6) is -3.09. The third-order valence-electron chi connectivity index (χ3n) is 5.21. The Morgan fingerprint density at radius 2 is 1.03 bits per heavy atom. The van der Waals surface area contributed by atoms with E-state index in [4.69, 9.17) is 10.2 Å². The van der Waals surface area contributed by atoms with Gasteiger partial charge in [-0.3, -0.25) is 9.59 Å². The van der Waals surface area contributed by atoms with Crippen molar-refractivity contribution in [2.24, 2.45) is 11.8 Å². The lowest BCUT2D eigenvalue weighted by atomic mass is 9.80. The van der Waals surface area contributed by atoms with Crippen LogP contribution in [0.5, 0.6) is 0 Å². The van der Waals surface area contributed by atoms with Crippen LogP contribution in [0, 0.1) is 11.8 Å². The molecule has 3 rings (SSSR count). The summed E-state index contributed by atoms with van der Waals surface area (Å²) < 4.78 is 0. The standard InChI is InChI=1S/C22H22N2O6/c25-19(23-17-8-4-13(5-9-17)21(27)28)15-2-1-3-16(12-15)20(26)24-18-10-6-14(7-11-18)22(29)30/h4-11,15-16H,1-3,12H2,(H,23,25)(H,24,26)(H,27,28)(H,29,30). The van der Waals surface area contributed by atoms with Gasteiger partial charge in [-0.2, -0.15) is 0 Å². The zero-order valence-corrected chi connectivity index (χ0v) is 16.1. The summed E-state index contributed by atoms with van der Waals surface area (Å²) in [5.41, 5.74) is 1.29. The first-order chi connectivity index (χ1) is 14.3. The maximum atomic E-state index is 12.6. The summed E-state index contributed by atoms with van der Waals surface area (Å²) in [4.78, 5) is 47.0. The second-order valence-corrected chi connectivity index (χ2v) is 7.30. The molecule has 2 amide bonds. The molecule has 0 aliphatic heterocycles. The number of carbonyl (C=O) groups is 4. The number of carboxylic acids is 2. The Kier molecular flexibility index (Phi) is 6.46. The summed E-state index contributed by atoms with van der Waals surface area (Å²) >= 11 is 0. The number of hydrogen-bond acceptors (Lipinski definition) is 4. The van der Waals surface area contributed by atoms with E-state index in [1.54, 1.807) is 0 Å². The van der Waals surface area contributed by atoms with Gasteiger partial charge < -0.3 is 20.8 Å². The molecule has 1 fully saturated rings. The highest BCUT2D eigenvalue weighted by molar-refractivity contribution is 5.96. The summed E-state index contributed by atoms with van der Waals surface area (Å²) in [6.07, 6.45) is 2.51. The van der Waals surface area contributed by atoms with E-state index in [2.05, 4.69) is 10.6 Å². The van der Waals surface area contributed by atoms with Gasteiger partial charge in [0.15, 0.2) is 0 Å². The lowest BCUT2D eigenvalue weighted by Gasteiger charge is -2.27. The highest BCUT2D eigenvalue weighted by Gasteiger charge is 2.31. The van der Waals surface area contributed by atoms with Crippen molar-refractivity contribution in [3.63, 3.8) is 0 Å².